The summed E-state index contributed by atoms with van der Waals surface area (Å²) < 4.78 is 15.6. The van der Waals surface area contributed by atoms with Crippen molar-refractivity contribution in [3.05, 3.63) is 75.9 Å². The Morgan fingerprint density at radius 2 is 1.63 bits per heavy atom. The number of carbonyl (C=O) groups is 2. The van der Waals surface area contributed by atoms with Crippen LogP contribution >= 0.6 is 0 Å². The highest BCUT2D eigenvalue weighted by Gasteiger charge is 2.23. The van der Waals surface area contributed by atoms with Crippen molar-refractivity contribution < 1.29 is 28.6 Å². The number of ether oxygens (including phenoxy) is 2. The van der Waals surface area contributed by atoms with Crippen molar-refractivity contribution in [2.75, 3.05) is 14.2 Å². The van der Waals surface area contributed by atoms with E-state index in [0.717, 1.165) is 0 Å². The van der Waals surface area contributed by atoms with Gasteiger partial charge in [-0.25, -0.2) is 9.59 Å². The van der Waals surface area contributed by atoms with Crippen molar-refractivity contribution >= 4 is 22.9 Å². The Morgan fingerprint density at radius 3 is 2.37 bits per heavy atom. The third-order valence-corrected chi connectivity index (χ3v) is 4.79. The van der Waals surface area contributed by atoms with Gasteiger partial charge in [0.15, 0.2) is 5.43 Å². The summed E-state index contributed by atoms with van der Waals surface area (Å²) in [7, 11) is 2.53. The highest BCUT2D eigenvalue weighted by Crippen LogP contribution is 2.42. The molecule has 30 heavy (non-hydrogen) atoms. The first-order valence-electron chi connectivity index (χ1n) is 8.93. The van der Waals surface area contributed by atoms with Crippen LogP contribution in [-0.2, 0) is 9.47 Å². The van der Waals surface area contributed by atoms with Gasteiger partial charge >= 0.3 is 11.9 Å². The number of phenols is 1. The lowest BCUT2D eigenvalue weighted by atomic mass is 9.89. The van der Waals surface area contributed by atoms with Crippen molar-refractivity contribution in [3.63, 3.8) is 0 Å². The van der Waals surface area contributed by atoms with Gasteiger partial charge in [0, 0.05) is 28.6 Å². The van der Waals surface area contributed by atoms with Gasteiger partial charge in [0.25, 0.3) is 0 Å². The topological polar surface area (TPSA) is 103 Å². The van der Waals surface area contributed by atoms with Gasteiger partial charge in [-0.2, -0.15) is 0 Å². The van der Waals surface area contributed by atoms with Crippen LogP contribution in [0.4, 0.5) is 0 Å². The summed E-state index contributed by atoms with van der Waals surface area (Å²) in [6.07, 6.45) is 0. The van der Waals surface area contributed by atoms with E-state index in [4.69, 9.17) is 13.9 Å². The van der Waals surface area contributed by atoms with Gasteiger partial charge in [0.2, 0.25) is 0 Å². The van der Waals surface area contributed by atoms with E-state index in [1.807, 2.05) is 0 Å². The largest absolute Gasteiger partial charge is 0.508 e. The fraction of sp³-hybridized carbons (Fsp3) is 0.0870. The number of methoxy groups -OCH3 is 2. The summed E-state index contributed by atoms with van der Waals surface area (Å²) in [6.45, 7) is 0. The van der Waals surface area contributed by atoms with Crippen LogP contribution in [-0.4, -0.2) is 31.3 Å². The van der Waals surface area contributed by atoms with Gasteiger partial charge in [-0.05, 0) is 48.0 Å². The quantitative estimate of drug-likeness (QED) is 0.409. The molecule has 150 valence electrons. The number of benzene rings is 3. The van der Waals surface area contributed by atoms with Crippen molar-refractivity contribution in [2.24, 2.45) is 0 Å². The normalized spacial score (nSPS) is 10.9. The van der Waals surface area contributed by atoms with Crippen molar-refractivity contribution in [1.29, 1.82) is 0 Å². The zero-order chi connectivity index (χ0) is 21.4. The Hall–Kier alpha value is -4.13. The Kier molecular flexibility index (Phi) is 4.71. The zero-order valence-electron chi connectivity index (χ0n) is 16.1. The van der Waals surface area contributed by atoms with Gasteiger partial charge in [-0.15, -0.1) is 0 Å². The highest BCUT2D eigenvalue weighted by molar-refractivity contribution is 6.09. The molecule has 1 heterocycles. The fourth-order valence-corrected chi connectivity index (χ4v) is 3.43. The molecule has 0 radical (unpaired) electrons. The summed E-state index contributed by atoms with van der Waals surface area (Å²) in [5.74, 6) is -0.912. The molecule has 0 saturated heterocycles. The van der Waals surface area contributed by atoms with Gasteiger partial charge in [0.1, 0.15) is 17.1 Å². The number of hydrogen-bond acceptors (Lipinski definition) is 7. The second-order valence-electron chi connectivity index (χ2n) is 6.56. The van der Waals surface area contributed by atoms with Gasteiger partial charge in [-0.1, -0.05) is 0 Å². The predicted molar refractivity (Wildman–Crippen MR) is 109 cm³/mol. The fourth-order valence-electron chi connectivity index (χ4n) is 3.43. The molecule has 0 aromatic heterocycles. The Morgan fingerprint density at radius 1 is 0.867 bits per heavy atom. The molecule has 7 heteroatoms. The Bertz CT molecular complexity index is 1330. The van der Waals surface area contributed by atoms with Gasteiger partial charge < -0.3 is 19.0 Å². The van der Waals surface area contributed by atoms with Gasteiger partial charge in [-0.3, -0.25) is 4.79 Å². The molecule has 0 saturated carbocycles. The summed E-state index contributed by atoms with van der Waals surface area (Å²) in [5.41, 5.74) is 2.02. The average molecular weight is 404 g/mol. The van der Waals surface area contributed by atoms with Crippen LogP contribution in [0, 0.1) is 0 Å². The van der Waals surface area contributed by atoms with Crippen LogP contribution in [0.5, 0.6) is 5.75 Å². The number of rotatable bonds is 3. The highest BCUT2D eigenvalue weighted by atomic mass is 16.5. The molecule has 0 amide bonds. The van der Waals surface area contributed by atoms with Crippen LogP contribution in [0.15, 0.2) is 63.8 Å². The summed E-state index contributed by atoms with van der Waals surface area (Å²) in [6, 6.07) is 13.3. The third-order valence-electron chi connectivity index (χ3n) is 4.79. The molecule has 0 atom stereocenters. The van der Waals surface area contributed by atoms with E-state index in [9.17, 15) is 19.5 Å². The van der Waals surface area contributed by atoms with Crippen molar-refractivity contribution in [2.45, 2.75) is 0 Å². The number of phenolic OH excluding ortho intramolecular Hbond substituents is 1. The second-order valence-corrected chi connectivity index (χ2v) is 6.56. The van der Waals surface area contributed by atoms with E-state index in [2.05, 4.69) is 0 Å². The maximum absolute atomic E-state index is 12.5. The lowest BCUT2D eigenvalue weighted by molar-refractivity contribution is 0.0587. The molecule has 0 fully saturated rings. The molecule has 2 aromatic carbocycles. The Labute approximate surface area is 170 Å². The van der Waals surface area contributed by atoms with Gasteiger partial charge in [0.05, 0.1) is 25.3 Å². The first-order chi connectivity index (χ1) is 14.4. The van der Waals surface area contributed by atoms with Crippen LogP contribution in [0.1, 0.15) is 20.7 Å². The standard InChI is InChI=1S/C23H16O7/c1-28-22(26)12-3-6-15(23(27)29-2)18(9-12)21-16-7-4-13(24)10-19(16)30-20-11-14(25)5-8-17(20)21/h3-11,24H,1-2H3. The smallest absolute Gasteiger partial charge is 0.338 e. The molecule has 1 aliphatic heterocycles. The molecule has 2 aromatic rings. The minimum Gasteiger partial charge on any atom is -0.508 e. The number of hydrogen-bond donors (Lipinski definition) is 1. The number of aromatic hydroxyl groups is 1. The summed E-state index contributed by atoms with van der Waals surface area (Å²) in [5, 5.41) is 10.5. The van der Waals surface area contributed by atoms with Crippen LogP contribution in [0.3, 0.4) is 0 Å². The number of fused-ring (bicyclic) bond motifs is 2. The van der Waals surface area contributed by atoms with E-state index in [1.165, 1.54) is 56.7 Å². The minimum absolute atomic E-state index is 0.0219. The Balaban J connectivity index is 2.18. The molecule has 1 aliphatic carbocycles. The van der Waals surface area contributed by atoms with E-state index in [-0.39, 0.29) is 28.1 Å². The first-order valence-corrected chi connectivity index (χ1v) is 8.93. The molecule has 0 unspecified atom stereocenters. The monoisotopic (exact) mass is 404 g/mol. The lowest BCUT2D eigenvalue weighted by Gasteiger charge is -2.17. The van der Waals surface area contributed by atoms with Crippen LogP contribution in [0.25, 0.3) is 33.4 Å². The zero-order valence-corrected chi connectivity index (χ0v) is 16.1. The van der Waals surface area contributed by atoms with E-state index in [0.29, 0.717) is 27.7 Å². The summed E-state index contributed by atoms with van der Waals surface area (Å²) >= 11 is 0. The molecular weight excluding hydrogens is 388 g/mol. The molecule has 1 N–H and O–H groups in total. The molecule has 7 nitrogen and oxygen atoms in total. The average Bonchev–Trinajstić information content (AvgIpc) is 2.75. The maximum Gasteiger partial charge on any atom is 0.338 e. The van der Waals surface area contributed by atoms with E-state index in [1.54, 1.807) is 12.1 Å². The second kappa shape index (κ2) is 7.36. The molecule has 0 bridgehead atoms. The molecule has 0 spiro atoms. The van der Waals surface area contributed by atoms with Crippen molar-refractivity contribution in [3.8, 4) is 28.2 Å². The molecule has 4 rings (SSSR count). The maximum atomic E-state index is 12.5. The van der Waals surface area contributed by atoms with E-state index >= 15 is 0 Å². The summed E-state index contributed by atoms with van der Waals surface area (Å²) in [4.78, 5) is 36.5. The van der Waals surface area contributed by atoms with Crippen molar-refractivity contribution in [1.82, 2.24) is 0 Å². The predicted octanol–water partition coefficient (Wildman–Crippen LogP) is 3.84. The molecule has 2 aliphatic rings. The minimum atomic E-state index is -0.595. The third kappa shape index (κ3) is 3.16. The van der Waals surface area contributed by atoms with E-state index < -0.39 is 11.9 Å². The first kappa shape index (κ1) is 19.2. The number of esters is 2. The van der Waals surface area contributed by atoms with Crippen LogP contribution in [0.2, 0.25) is 0 Å². The van der Waals surface area contributed by atoms with Crippen LogP contribution < -0.4 is 5.43 Å². The molecular formula is C23H16O7. The SMILES string of the molecule is COC(=O)c1ccc(C(=O)OC)c(-c2c3ccc(=O)cc-3oc3cc(O)ccc23)c1. The number of carbonyl (C=O) groups excluding carboxylic acids is 2. The lowest BCUT2D eigenvalue weighted by Crippen LogP contribution is -2.08.